The molecular weight excluding hydrogens is 411 g/mol. The number of alkyl halides is 2. The largest absolute Gasteiger partial charge is 0.466 e. The van der Waals surface area contributed by atoms with Crippen molar-refractivity contribution in [2.75, 3.05) is 6.61 Å². The molecule has 0 saturated heterocycles. The third-order valence-corrected chi connectivity index (χ3v) is 4.41. The summed E-state index contributed by atoms with van der Waals surface area (Å²) in [4.78, 5) is 15.1. The number of hydrogen-bond donors (Lipinski definition) is 0. The van der Waals surface area contributed by atoms with E-state index >= 15 is 0 Å². The number of esters is 1. The molecule has 1 rings (SSSR count). The molecular formula is C10H9BrF2INO2. The van der Waals surface area contributed by atoms with Crippen LogP contribution in [-0.4, -0.2) is 17.6 Å². The van der Waals surface area contributed by atoms with E-state index in [1.165, 1.54) is 6.07 Å². The molecule has 94 valence electrons. The topological polar surface area (TPSA) is 39.2 Å². The zero-order chi connectivity index (χ0) is 13.0. The van der Waals surface area contributed by atoms with E-state index in [0.717, 1.165) is 0 Å². The number of nitrogens with zero attached hydrogens (tertiary/aromatic N) is 1. The zero-order valence-corrected chi connectivity index (χ0v) is 12.6. The van der Waals surface area contributed by atoms with Crippen molar-refractivity contribution in [1.29, 1.82) is 0 Å². The molecule has 0 spiro atoms. The van der Waals surface area contributed by atoms with Gasteiger partial charge in [0.2, 0.25) is 0 Å². The lowest BCUT2D eigenvalue weighted by Crippen LogP contribution is -2.11. The molecule has 1 aromatic heterocycles. The Labute approximate surface area is 119 Å². The molecule has 0 aromatic carbocycles. The van der Waals surface area contributed by atoms with Gasteiger partial charge >= 0.3 is 5.97 Å². The van der Waals surface area contributed by atoms with Crippen LogP contribution in [0.25, 0.3) is 0 Å². The summed E-state index contributed by atoms with van der Waals surface area (Å²) in [5.74, 6) is -0.476. The van der Waals surface area contributed by atoms with Crippen LogP contribution in [0.15, 0.2) is 10.5 Å². The molecule has 0 fully saturated rings. The maximum atomic E-state index is 12.5. The van der Waals surface area contributed by atoms with E-state index in [-0.39, 0.29) is 18.7 Å². The van der Waals surface area contributed by atoms with E-state index in [0.29, 0.717) is 13.7 Å². The Morgan fingerprint density at radius 2 is 2.29 bits per heavy atom. The lowest BCUT2D eigenvalue weighted by Gasteiger charge is -2.08. The summed E-state index contributed by atoms with van der Waals surface area (Å²) in [6, 6.07) is 1.25. The molecule has 0 radical (unpaired) electrons. The minimum absolute atomic E-state index is 0.106. The van der Waals surface area contributed by atoms with Crippen LogP contribution in [-0.2, 0) is 16.0 Å². The summed E-state index contributed by atoms with van der Waals surface area (Å²) < 4.78 is 31.0. The summed E-state index contributed by atoms with van der Waals surface area (Å²) in [6.07, 6.45) is -2.77. The highest BCUT2D eigenvalue weighted by Gasteiger charge is 2.17. The Morgan fingerprint density at radius 3 is 2.82 bits per heavy atom. The number of ether oxygens (including phenoxy) is 1. The Hall–Kier alpha value is -0.310. The van der Waals surface area contributed by atoms with Crippen molar-refractivity contribution in [2.24, 2.45) is 0 Å². The maximum absolute atomic E-state index is 12.5. The van der Waals surface area contributed by atoms with Gasteiger partial charge in [0, 0.05) is 8.04 Å². The van der Waals surface area contributed by atoms with E-state index in [1.54, 1.807) is 6.92 Å². The molecule has 3 nitrogen and oxygen atoms in total. The summed E-state index contributed by atoms with van der Waals surface area (Å²) in [6.45, 7) is 1.94. The Balaban J connectivity index is 3.01. The predicted molar refractivity (Wildman–Crippen MR) is 69.9 cm³/mol. The van der Waals surface area contributed by atoms with Crippen LogP contribution in [0.3, 0.4) is 0 Å². The number of hydrogen-bond acceptors (Lipinski definition) is 3. The normalized spacial score (nSPS) is 10.7. The number of aromatic nitrogens is 1. The smallest absolute Gasteiger partial charge is 0.311 e. The molecule has 0 amide bonds. The quantitative estimate of drug-likeness (QED) is 0.554. The fraction of sp³-hybridized carbons (Fsp3) is 0.400. The van der Waals surface area contributed by atoms with E-state index in [2.05, 4.69) is 20.9 Å². The van der Waals surface area contributed by atoms with Gasteiger partial charge in [-0.15, -0.1) is 0 Å². The average molecular weight is 420 g/mol. The van der Waals surface area contributed by atoms with Gasteiger partial charge < -0.3 is 4.74 Å². The first-order chi connectivity index (χ1) is 7.95. The van der Waals surface area contributed by atoms with Gasteiger partial charge in [0.05, 0.1) is 18.7 Å². The first kappa shape index (κ1) is 14.7. The van der Waals surface area contributed by atoms with Crippen molar-refractivity contribution in [3.05, 3.63) is 25.5 Å². The van der Waals surface area contributed by atoms with Crippen molar-refractivity contribution in [1.82, 2.24) is 4.98 Å². The molecule has 0 aliphatic rings. The Morgan fingerprint density at radius 1 is 1.65 bits per heavy atom. The molecule has 0 saturated carbocycles. The van der Waals surface area contributed by atoms with Crippen LogP contribution in [0.5, 0.6) is 0 Å². The lowest BCUT2D eigenvalue weighted by molar-refractivity contribution is -0.142. The fourth-order valence-corrected chi connectivity index (χ4v) is 2.08. The standard InChI is InChI=1S/C10H9BrF2INO2/c1-2-17-8(16)4-6-9(14)5(11)3-7(15-6)10(12)13/h3,10H,2,4H2,1H3. The monoisotopic (exact) mass is 419 g/mol. The second-order valence-electron chi connectivity index (χ2n) is 3.07. The van der Waals surface area contributed by atoms with Crippen molar-refractivity contribution < 1.29 is 18.3 Å². The average Bonchev–Trinajstić information content (AvgIpc) is 2.24. The number of pyridine rings is 1. The van der Waals surface area contributed by atoms with Crippen molar-refractivity contribution in [3.8, 4) is 0 Å². The van der Waals surface area contributed by atoms with Crippen LogP contribution >= 0.6 is 38.5 Å². The summed E-state index contributed by atoms with van der Waals surface area (Å²) >= 11 is 5.11. The van der Waals surface area contributed by atoms with Gasteiger partial charge in [-0.3, -0.25) is 9.78 Å². The SMILES string of the molecule is CCOC(=O)Cc1nc(C(F)F)cc(Br)c1I. The van der Waals surface area contributed by atoms with Crippen LogP contribution in [0, 0.1) is 3.57 Å². The lowest BCUT2D eigenvalue weighted by atomic mass is 10.2. The van der Waals surface area contributed by atoms with Crippen molar-refractivity contribution in [3.63, 3.8) is 0 Å². The summed E-state index contributed by atoms with van der Waals surface area (Å²) in [5.41, 5.74) is -0.0506. The third kappa shape index (κ3) is 4.13. The molecule has 0 bridgehead atoms. The first-order valence-electron chi connectivity index (χ1n) is 4.74. The molecule has 0 atom stereocenters. The molecule has 1 heterocycles. The van der Waals surface area contributed by atoms with E-state index < -0.39 is 12.4 Å². The predicted octanol–water partition coefficient (Wildman–Crippen LogP) is 3.49. The number of rotatable bonds is 4. The van der Waals surface area contributed by atoms with Crippen LogP contribution < -0.4 is 0 Å². The van der Waals surface area contributed by atoms with Crippen molar-refractivity contribution >= 4 is 44.5 Å². The Kier molecular flexibility index (Phi) is 5.71. The van der Waals surface area contributed by atoms with Crippen LogP contribution in [0.4, 0.5) is 8.78 Å². The second-order valence-corrected chi connectivity index (χ2v) is 5.01. The molecule has 0 aliphatic carbocycles. The van der Waals surface area contributed by atoms with E-state index in [4.69, 9.17) is 4.74 Å². The molecule has 1 aromatic rings. The zero-order valence-electron chi connectivity index (χ0n) is 8.84. The second kappa shape index (κ2) is 6.58. The highest BCUT2D eigenvalue weighted by molar-refractivity contribution is 14.1. The van der Waals surface area contributed by atoms with Crippen LogP contribution in [0.2, 0.25) is 0 Å². The summed E-state index contributed by atoms with van der Waals surface area (Å²) in [7, 11) is 0. The van der Waals surface area contributed by atoms with E-state index in [9.17, 15) is 13.6 Å². The van der Waals surface area contributed by atoms with Gasteiger partial charge in [-0.1, -0.05) is 0 Å². The van der Waals surface area contributed by atoms with Gasteiger partial charge in [0.25, 0.3) is 6.43 Å². The molecule has 0 aliphatic heterocycles. The van der Waals surface area contributed by atoms with Gasteiger partial charge in [0.15, 0.2) is 0 Å². The molecule has 0 unspecified atom stereocenters. The van der Waals surface area contributed by atoms with Gasteiger partial charge in [-0.25, -0.2) is 8.78 Å². The number of halogens is 4. The van der Waals surface area contributed by atoms with Crippen LogP contribution in [0.1, 0.15) is 24.7 Å². The number of carbonyl (C=O) groups excluding carboxylic acids is 1. The highest BCUT2D eigenvalue weighted by atomic mass is 127. The van der Waals surface area contributed by atoms with Gasteiger partial charge in [0.1, 0.15) is 5.69 Å². The molecule has 0 N–H and O–H groups in total. The van der Waals surface area contributed by atoms with E-state index in [1.807, 2.05) is 22.6 Å². The fourth-order valence-electron chi connectivity index (χ4n) is 1.15. The summed E-state index contributed by atoms with van der Waals surface area (Å²) in [5, 5.41) is 0. The minimum atomic E-state index is -2.66. The molecule has 17 heavy (non-hydrogen) atoms. The maximum Gasteiger partial charge on any atom is 0.311 e. The van der Waals surface area contributed by atoms with Gasteiger partial charge in [-0.2, -0.15) is 0 Å². The Bertz CT molecular complexity index is 429. The van der Waals surface area contributed by atoms with Crippen molar-refractivity contribution in [2.45, 2.75) is 19.8 Å². The molecule has 7 heteroatoms. The number of carbonyl (C=O) groups is 1. The minimum Gasteiger partial charge on any atom is -0.466 e. The first-order valence-corrected chi connectivity index (χ1v) is 6.61. The third-order valence-electron chi connectivity index (χ3n) is 1.84. The highest BCUT2D eigenvalue weighted by Crippen LogP contribution is 2.27. The van der Waals surface area contributed by atoms with Gasteiger partial charge in [-0.05, 0) is 51.5 Å².